The molecule has 1 radical (unpaired) electrons. The Bertz CT molecular complexity index is 265. The molecule has 1 aromatic heterocycles. The van der Waals surface area contributed by atoms with Gasteiger partial charge >= 0.3 is 6.09 Å². The van der Waals surface area contributed by atoms with E-state index in [4.69, 9.17) is 5.11 Å². The molecule has 0 aliphatic rings. The summed E-state index contributed by atoms with van der Waals surface area (Å²) in [6, 6.07) is 2.74. The predicted molar refractivity (Wildman–Crippen MR) is 38.4 cm³/mol. The Morgan fingerprint density at radius 2 is 2.33 bits per heavy atom. The average Bonchev–Trinajstić information content (AvgIpc) is 2.10. The second-order valence-electron chi connectivity index (χ2n) is 2.11. The topological polar surface area (TPSA) is 67.2 Å². The van der Waals surface area contributed by atoms with Gasteiger partial charge < -0.3 is 21.2 Å². The number of rotatable bonds is 1. The van der Waals surface area contributed by atoms with Crippen LogP contribution in [0.3, 0.4) is 0 Å². The molecule has 0 saturated carbocycles. The molecule has 0 aliphatic carbocycles. The molecule has 0 spiro atoms. The monoisotopic (exact) mass is 243 g/mol. The van der Waals surface area contributed by atoms with Gasteiger partial charge in [0.2, 0.25) is 0 Å². The molecule has 0 unspecified atom stereocenters. The maximum atomic E-state index is 10.1. The van der Waals surface area contributed by atoms with Gasteiger partial charge in [-0.15, -0.1) is 5.69 Å². The van der Waals surface area contributed by atoms with Gasteiger partial charge in [0, 0.05) is 39.8 Å². The number of aryl methyl sites for hydroxylation is 2. The van der Waals surface area contributed by atoms with E-state index in [2.05, 4.69) is 16.5 Å². The molecular formula is C6H8N3O2Y-. The predicted octanol–water partition coefficient (Wildman–Crippen LogP) is 0.616. The van der Waals surface area contributed by atoms with Crippen molar-refractivity contribution < 1.29 is 42.6 Å². The van der Waals surface area contributed by atoms with Crippen LogP contribution in [0.15, 0.2) is 0 Å². The quantitative estimate of drug-likeness (QED) is 0.710. The second kappa shape index (κ2) is 4.57. The molecule has 1 heterocycles. The van der Waals surface area contributed by atoms with Crippen LogP contribution in [0.4, 0.5) is 10.6 Å². The summed E-state index contributed by atoms with van der Waals surface area (Å²) >= 11 is 0. The number of nitrogens with one attached hydrogen (secondary N) is 1. The summed E-state index contributed by atoms with van der Waals surface area (Å²) in [5, 5.41) is 14.2. The van der Waals surface area contributed by atoms with Crippen molar-refractivity contribution in [2.45, 2.75) is 6.92 Å². The van der Waals surface area contributed by atoms with Gasteiger partial charge in [-0.05, 0) is 5.82 Å². The molecule has 63 valence electrons. The van der Waals surface area contributed by atoms with E-state index in [1.54, 1.807) is 18.7 Å². The van der Waals surface area contributed by atoms with Gasteiger partial charge in [0.1, 0.15) is 0 Å². The van der Waals surface area contributed by atoms with Gasteiger partial charge in [-0.25, -0.2) is 4.79 Å². The third-order valence-electron chi connectivity index (χ3n) is 1.26. The van der Waals surface area contributed by atoms with E-state index >= 15 is 0 Å². The molecule has 1 rings (SSSR count). The van der Waals surface area contributed by atoms with Gasteiger partial charge in [0.15, 0.2) is 0 Å². The Balaban J connectivity index is 0.00000121. The fourth-order valence-corrected chi connectivity index (χ4v) is 0.660. The van der Waals surface area contributed by atoms with Crippen molar-refractivity contribution >= 4 is 11.9 Å². The molecular weight excluding hydrogens is 235 g/mol. The summed E-state index contributed by atoms with van der Waals surface area (Å²) in [4.78, 5) is 10.1. The number of hydrogen-bond donors (Lipinski definition) is 2. The van der Waals surface area contributed by atoms with E-state index in [-0.39, 0.29) is 38.5 Å². The van der Waals surface area contributed by atoms with Gasteiger partial charge in [-0.1, -0.05) is 6.92 Å². The van der Waals surface area contributed by atoms with Crippen LogP contribution in [0.1, 0.15) is 5.69 Å². The van der Waals surface area contributed by atoms with Gasteiger partial charge in [-0.2, -0.15) is 5.10 Å². The minimum absolute atomic E-state index is 0. The first kappa shape index (κ1) is 11.6. The van der Waals surface area contributed by atoms with E-state index in [0.717, 1.165) is 5.69 Å². The van der Waals surface area contributed by atoms with E-state index in [1.807, 2.05) is 0 Å². The largest absolute Gasteiger partial charge is 0.465 e. The summed E-state index contributed by atoms with van der Waals surface area (Å²) in [5.74, 6) is 0.234. The number of amides is 1. The third kappa shape index (κ3) is 2.91. The number of nitrogens with zero attached hydrogens (tertiary/aromatic N) is 2. The van der Waals surface area contributed by atoms with Crippen molar-refractivity contribution in [3.8, 4) is 0 Å². The minimum atomic E-state index is -1.13. The Labute approximate surface area is 95.0 Å². The van der Waals surface area contributed by atoms with Gasteiger partial charge in [0.25, 0.3) is 0 Å². The normalized spacial score (nSPS) is 8.83. The minimum Gasteiger partial charge on any atom is -0.465 e. The number of carboxylic acid groups (broad SMARTS) is 1. The van der Waals surface area contributed by atoms with Gasteiger partial charge in [-0.3, -0.25) is 0 Å². The Kier molecular flexibility index (Phi) is 4.41. The van der Waals surface area contributed by atoms with Crippen LogP contribution in [-0.4, -0.2) is 21.0 Å². The number of aromatic nitrogens is 2. The molecule has 0 saturated heterocycles. The molecule has 0 fully saturated rings. The molecule has 0 aromatic carbocycles. The maximum Gasteiger partial charge on any atom is 0.408 e. The Hall–Kier alpha value is -0.416. The van der Waals surface area contributed by atoms with E-state index in [1.165, 1.54) is 0 Å². The molecule has 5 nitrogen and oxygen atoms in total. The zero-order valence-corrected chi connectivity index (χ0v) is 9.67. The molecule has 1 aromatic rings. The van der Waals surface area contributed by atoms with Crippen LogP contribution in [0.25, 0.3) is 0 Å². The molecule has 0 aliphatic heterocycles. The summed E-state index contributed by atoms with van der Waals surface area (Å²) in [6.07, 6.45) is -1.13. The zero-order chi connectivity index (χ0) is 8.43. The Morgan fingerprint density at radius 3 is 2.67 bits per heavy atom. The number of carbonyl (C=O) groups is 1. The van der Waals surface area contributed by atoms with Crippen molar-refractivity contribution in [3.63, 3.8) is 0 Å². The SMILES string of the molecule is Cc1[c-]c(NC(=O)O)nn1C.[Y]. The smallest absolute Gasteiger partial charge is 0.408 e. The van der Waals surface area contributed by atoms with Crippen LogP contribution in [0, 0.1) is 13.0 Å². The summed E-state index contributed by atoms with van der Waals surface area (Å²) in [6.45, 7) is 1.79. The summed E-state index contributed by atoms with van der Waals surface area (Å²) in [5.41, 5.74) is 0.786. The van der Waals surface area contributed by atoms with Crippen molar-refractivity contribution in [2.24, 2.45) is 7.05 Å². The average molecular weight is 243 g/mol. The van der Waals surface area contributed by atoms with Crippen LogP contribution >= 0.6 is 0 Å². The fourth-order valence-electron chi connectivity index (χ4n) is 0.660. The first-order valence-corrected chi connectivity index (χ1v) is 3.02. The molecule has 1 amide bonds. The second-order valence-corrected chi connectivity index (χ2v) is 2.11. The zero-order valence-electron chi connectivity index (χ0n) is 6.83. The molecule has 0 bridgehead atoms. The van der Waals surface area contributed by atoms with Crippen LogP contribution in [0.5, 0.6) is 0 Å². The number of hydrogen-bond acceptors (Lipinski definition) is 2. The third-order valence-corrected chi connectivity index (χ3v) is 1.26. The van der Waals surface area contributed by atoms with Crippen LogP contribution in [0.2, 0.25) is 0 Å². The van der Waals surface area contributed by atoms with Crippen molar-refractivity contribution in [1.82, 2.24) is 9.78 Å². The number of anilines is 1. The molecule has 2 N–H and O–H groups in total. The molecule has 12 heavy (non-hydrogen) atoms. The van der Waals surface area contributed by atoms with Gasteiger partial charge in [0.05, 0.1) is 0 Å². The van der Waals surface area contributed by atoms with Crippen molar-refractivity contribution in [2.75, 3.05) is 5.32 Å². The molecule has 6 heteroatoms. The van der Waals surface area contributed by atoms with Crippen molar-refractivity contribution in [1.29, 1.82) is 0 Å². The first-order valence-electron chi connectivity index (χ1n) is 3.02. The van der Waals surface area contributed by atoms with E-state index in [0.29, 0.717) is 0 Å². The summed E-state index contributed by atoms with van der Waals surface area (Å²) in [7, 11) is 1.72. The summed E-state index contributed by atoms with van der Waals surface area (Å²) < 4.78 is 1.55. The van der Waals surface area contributed by atoms with Crippen LogP contribution < -0.4 is 5.32 Å². The van der Waals surface area contributed by atoms with E-state index in [9.17, 15) is 4.79 Å². The van der Waals surface area contributed by atoms with Crippen molar-refractivity contribution in [3.05, 3.63) is 11.8 Å². The first-order chi connectivity index (χ1) is 5.09. The van der Waals surface area contributed by atoms with E-state index < -0.39 is 6.09 Å². The standard InChI is InChI=1S/C6H8N3O2.Y/c1-4-3-5(7-6(10)11)8-9(4)2;/h1-2H3,(H,7,8)(H,10,11);/q-1;. The molecule has 0 atom stereocenters. The Morgan fingerprint density at radius 1 is 1.75 bits per heavy atom. The van der Waals surface area contributed by atoms with Crippen LogP contribution in [-0.2, 0) is 39.8 Å². The maximum absolute atomic E-state index is 10.1. The fraction of sp³-hybridized carbons (Fsp3) is 0.333.